The normalized spacial score (nSPS) is 14.8. The third-order valence-corrected chi connectivity index (χ3v) is 3.02. The van der Waals surface area contributed by atoms with E-state index < -0.39 is 6.10 Å². The molecule has 1 rings (SSSR count). The zero-order valence-electron chi connectivity index (χ0n) is 9.85. The molecule has 2 unspecified atom stereocenters. The lowest BCUT2D eigenvalue weighted by molar-refractivity contribution is 0.159. The molecule has 3 heteroatoms. The molecule has 0 heterocycles. The van der Waals surface area contributed by atoms with Gasteiger partial charge < -0.3 is 15.3 Å². The van der Waals surface area contributed by atoms with Crippen molar-refractivity contribution in [2.45, 2.75) is 45.5 Å². The molecule has 0 aliphatic carbocycles. The van der Waals surface area contributed by atoms with Crippen molar-refractivity contribution in [2.24, 2.45) is 0 Å². The number of aliphatic hydroxyl groups excluding tert-OH is 3. The van der Waals surface area contributed by atoms with Gasteiger partial charge in [0, 0.05) is 5.92 Å². The van der Waals surface area contributed by atoms with Crippen LogP contribution < -0.4 is 0 Å². The molecule has 0 bridgehead atoms. The van der Waals surface area contributed by atoms with E-state index >= 15 is 0 Å². The topological polar surface area (TPSA) is 60.7 Å². The van der Waals surface area contributed by atoms with Gasteiger partial charge >= 0.3 is 0 Å². The first-order valence-electron chi connectivity index (χ1n) is 5.65. The van der Waals surface area contributed by atoms with Crippen LogP contribution in [-0.2, 0) is 13.2 Å². The van der Waals surface area contributed by atoms with E-state index in [9.17, 15) is 10.2 Å². The zero-order chi connectivity index (χ0) is 12.1. The number of hydrogen-bond acceptors (Lipinski definition) is 3. The highest BCUT2D eigenvalue weighted by molar-refractivity contribution is 5.33. The van der Waals surface area contributed by atoms with Crippen molar-refractivity contribution in [3.05, 3.63) is 34.9 Å². The minimum Gasteiger partial charge on any atom is -0.393 e. The van der Waals surface area contributed by atoms with Crippen LogP contribution in [0.1, 0.15) is 42.9 Å². The second-order valence-corrected chi connectivity index (χ2v) is 4.10. The van der Waals surface area contributed by atoms with E-state index in [1.807, 2.05) is 25.1 Å². The average molecular weight is 224 g/mol. The molecule has 16 heavy (non-hydrogen) atoms. The summed E-state index contributed by atoms with van der Waals surface area (Å²) >= 11 is 0. The van der Waals surface area contributed by atoms with E-state index in [0.717, 1.165) is 23.1 Å². The van der Waals surface area contributed by atoms with Crippen LogP contribution in [0.25, 0.3) is 0 Å². The van der Waals surface area contributed by atoms with Crippen LogP contribution >= 0.6 is 0 Å². The fourth-order valence-corrected chi connectivity index (χ4v) is 2.03. The van der Waals surface area contributed by atoms with Gasteiger partial charge in [0.25, 0.3) is 0 Å². The Morgan fingerprint density at radius 3 is 2.19 bits per heavy atom. The quantitative estimate of drug-likeness (QED) is 0.711. The smallest absolute Gasteiger partial charge is 0.0685 e. The van der Waals surface area contributed by atoms with Gasteiger partial charge in [-0.3, -0.25) is 0 Å². The van der Waals surface area contributed by atoms with Crippen LogP contribution in [0.3, 0.4) is 0 Å². The average Bonchev–Trinajstić information content (AvgIpc) is 2.29. The minimum atomic E-state index is -0.406. The maximum Gasteiger partial charge on any atom is 0.0685 e. The summed E-state index contributed by atoms with van der Waals surface area (Å²) in [6.45, 7) is 3.64. The van der Waals surface area contributed by atoms with Crippen LogP contribution in [0.4, 0.5) is 0 Å². The Hall–Kier alpha value is -0.900. The van der Waals surface area contributed by atoms with Crippen molar-refractivity contribution in [3.63, 3.8) is 0 Å². The molecule has 0 saturated heterocycles. The minimum absolute atomic E-state index is 0.0678. The van der Waals surface area contributed by atoms with Gasteiger partial charge in [-0.15, -0.1) is 0 Å². The molecule has 0 aromatic heterocycles. The van der Waals surface area contributed by atoms with Gasteiger partial charge in [0.1, 0.15) is 0 Å². The standard InChI is InChI=1S/C13H20O3/c1-3-13(9(2)16)10-4-5-11(7-14)12(6-10)8-15/h4-6,9,13-16H,3,7-8H2,1-2H3. The molecule has 3 nitrogen and oxygen atoms in total. The first-order valence-corrected chi connectivity index (χ1v) is 5.65. The Bertz CT molecular complexity index is 334. The Kier molecular flexibility index (Phi) is 4.93. The maximum absolute atomic E-state index is 9.64. The van der Waals surface area contributed by atoms with E-state index in [2.05, 4.69) is 0 Å². The summed E-state index contributed by atoms with van der Waals surface area (Å²) < 4.78 is 0. The Balaban J connectivity index is 3.06. The van der Waals surface area contributed by atoms with Gasteiger partial charge in [0.15, 0.2) is 0 Å². The van der Waals surface area contributed by atoms with Crippen LogP contribution in [0.15, 0.2) is 18.2 Å². The van der Waals surface area contributed by atoms with Crippen molar-refractivity contribution in [1.82, 2.24) is 0 Å². The first kappa shape index (κ1) is 13.2. The van der Waals surface area contributed by atoms with E-state index in [4.69, 9.17) is 5.11 Å². The highest BCUT2D eigenvalue weighted by Crippen LogP contribution is 2.25. The van der Waals surface area contributed by atoms with Crippen LogP contribution in [0.5, 0.6) is 0 Å². The second kappa shape index (κ2) is 5.99. The first-order chi connectivity index (χ1) is 7.63. The largest absolute Gasteiger partial charge is 0.393 e. The van der Waals surface area contributed by atoms with E-state index in [1.165, 1.54) is 0 Å². The van der Waals surface area contributed by atoms with Gasteiger partial charge in [-0.2, -0.15) is 0 Å². The third kappa shape index (κ3) is 2.82. The Morgan fingerprint density at radius 1 is 1.12 bits per heavy atom. The second-order valence-electron chi connectivity index (χ2n) is 4.10. The summed E-state index contributed by atoms with van der Waals surface area (Å²) in [5.41, 5.74) is 2.49. The fourth-order valence-electron chi connectivity index (χ4n) is 2.03. The summed E-state index contributed by atoms with van der Waals surface area (Å²) in [6, 6.07) is 5.59. The monoisotopic (exact) mass is 224 g/mol. The number of rotatable bonds is 5. The molecule has 0 fully saturated rings. The molecule has 0 amide bonds. The molecular formula is C13H20O3. The lowest BCUT2D eigenvalue weighted by Crippen LogP contribution is -2.14. The molecule has 1 aromatic rings. The molecular weight excluding hydrogens is 204 g/mol. The van der Waals surface area contributed by atoms with Gasteiger partial charge in [0.2, 0.25) is 0 Å². The molecule has 90 valence electrons. The number of hydrogen-bond donors (Lipinski definition) is 3. The number of aliphatic hydroxyl groups is 3. The van der Waals surface area contributed by atoms with E-state index in [0.29, 0.717) is 0 Å². The molecule has 0 spiro atoms. The van der Waals surface area contributed by atoms with Gasteiger partial charge in [0.05, 0.1) is 19.3 Å². The highest BCUT2D eigenvalue weighted by atomic mass is 16.3. The molecule has 0 saturated carbocycles. The SMILES string of the molecule is CCC(c1ccc(CO)c(CO)c1)C(C)O. The van der Waals surface area contributed by atoms with Gasteiger partial charge in [-0.1, -0.05) is 25.1 Å². The Labute approximate surface area is 96.4 Å². The van der Waals surface area contributed by atoms with Crippen LogP contribution in [0, 0.1) is 0 Å². The summed E-state index contributed by atoms with van der Waals surface area (Å²) in [6.07, 6.45) is 0.442. The number of benzene rings is 1. The summed E-state index contributed by atoms with van der Waals surface area (Å²) in [5, 5.41) is 27.9. The fraction of sp³-hybridized carbons (Fsp3) is 0.538. The van der Waals surface area contributed by atoms with Crippen molar-refractivity contribution in [1.29, 1.82) is 0 Å². The maximum atomic E-state index is 9.64. The van der Waals surface area contributed by atoms with E-state index in [1.54, 1.807) is 6.92 Å². The molecule has 3 N–H and O–H groups in total. The summed E-state index contributed by atoms with van der Waals surface area (Å²) in [7, 11) is 0. The highest BCUT2D eigenvalue weighted by Gasteiger charge is 2.16. The van der Waals surface area contributed by atoms with Crippen molar-refractivity contribution in [3.8, 4) is 0 Å². The zero-order valence-corrected chi connectivity index (χ0v) is 9.85. The lowest BCUT2D eigenvalue weighted by atomic mass is 9.89. The van der Waals surface area contributed by atoms with Gasteiger partial charge in [-0.25, -0.2) is 0 Å². The molecule has 0 aliphatic heterocycles. The van der Waals surface area contributed by atoms with Crippen LogP contribution in [0.2, 0.25) is 0 Å². The lowest BCUT2D eigenvalue weighted by Gasteiger charge is -2.20. The van der Waals surface area contributed by atoms with Gasteiger partial charge in [-0.05, 0) is 30.0 Å². The third-order valence-electron chi connectivity index (χ3n) is 3.02. The summed E-state index contributed by atoms with van der Waals surface area (Å²) in [5.74, 6) is 0.0815. The van der Waals surface area contributed by atoms with Crippen molar-refractivity contribution >= 4 is 0 Å². The van der Waals surface area contributed by atoms with E-state index in [-0.39, 0.29) is 19.1 Å². The molecule has 2 atom stereocenters. The van der Waals surface area contributed by atoms with Crippen LogP contribution in [-0.4, -0.2) is 21.4 Å². The molecule has 0 radical (unpaired) electrons. The molecule has 0 aliphatic rings. The van der Waals surface area contributed by atoms with Crippen molar-refractivity contribution in [2.75, 3.05) is 0 Å². The molecule has 1 aromatic carbocycles. The van der Waals surface area contributed by atoms with Crippen molar-refractivity contribution < 1.29 is 15.3 Å². The Morgan fingerprint density at radius 2 is 1.75 bits per heavy atom. The summed E-state index contributed by atoms with van der Waals surface area (Å²) in [4.78, 5) is 0. The predicted molar refractivity (Wildman–Crippen MR) is 63.0 cm³/mol. The predicted octanol–water partition coefficient (Wildman–Crippen LogP) is 1.55.